The maximum atomic E-state index is 13.5. The van der Waals surface area contributed by atoms with Crippen molar-refractivity contribution in [3.8, 4) is 17.5 Å². The molecule has 3 aromatic carbocycles. The summed E-state index contributed by atoms with van der Waals surface area (Å²) < 4.78 is 7.57. The van der Waals surface area contributed by atoms with Gasteiger partial charge in [-0.1, -0.05) is 24.3 Å². The lowest BCUT2D eigenvalue weighted by Crippen LogP contribution is -2.34. The van der Waals surface area contributed by atoms with Gasteiger partial charge >= 0.3 is 0 Å². The van der Waals surface area contributed by atoms with E-state index in [1.54, 1.807) is 13.1 Å². The number of aryl methyl sites for hydroxylation is 2. The van der Waals surface area contributed by atoms with Crippen molar-refractivity contribution in [2.45, 2.75) is 20.8 Å². The van der Waals surface area contributed by atoms with Crippen LogP contribution in [-0.4, -0.2) is 14.4 Å². The summed E-state index contributed by atoms with van der Waals surface area (Å²) in [7, 11) is 0. The number of para-hydroxylation sites is 2. The largest absolute Gasteiger partial charge is 0.436 e. The van der Waals surface area contributed by atoms with E-state index < -0.39 is 0 Å². The number of anilines is 1. The molecule has 0 saturated heterocycles. The van der Waals surface area contributed by atoms with Crippen molar-refractivity contribution in [3.63, 3.8) is 0 Å². The number of oxazole rings is 1. The van der Waals surface area contributed by atoms with Crippen molar-refractivity contribution in [1.29, 1.82) is 5.26 Å². The van der Waals surface area contributed by atoms with Gasteiger partial charge in [0.05, 0.1) is 21.8 Å². The normalized spacial score (nSPS) is 12.0. The Morgan fingerprint density at radius 3 is 2.67 bits per heavy atom. The molecule has 0 amide bonds. The summed E-state index contributed by atoms with van der Waals surface area (Å²) in [4.78, 5) is 22.7. The van der Waals surface area contributed by atoms with Crippen LogP contribution in [0.25, 0.3) is 45.4 Å². The van der Waals surface area contributed by atoms with Crippen LogP contribution >= 0.6 is 0 Å². The molecule has 6 aromatic rings. The fourth-order valence-electron chi connectivity index (χ4n) is 4.68. The van der Waals surface area contributed by atoms with Gasteiger partial charge in [0.25, 0.3) is 5.56 Å². The minimum atomic E-state index is -0.233. The van der Waals surface area contributed by atoms with Crippen molar-refractivity contribution in [2.24, 2.45) is 0 Å². The van der Waals surface area contributed by atoms with Crippen molar-refractivity contribution >= 4 is 39.7 Å². The lowest BCUT2D eigenvalue weighted by molar-refractivity contribution is 0.617. The SMILES string of the molecule is Cc1cc(C)c2oc(-c3cccc(NC=c4c(C)c(C#N)c5nc6ccccc6n5c4=O)c3)nc2c1. The molecule has 0 fully saturated rings. The molecule has 7 heteroatoms. The summed E-state index contributed by atoms with van der Waals surface area (Å²) in [5.74, 6) is 0.529. The summed E-state index contributed by atoms with van der Waals surface area (Å²) in [5.41, 5.74) is 7.80. The van der Waals surface area contributed by atoms with Crippen LogP contribution in [0.5, 0.6) is 0 Å². The fraction of sp³-hybridized carbons (Fsp3) is 0.103. The molecular weight excluding hydrogens is 450 g/mol. The van der Waals surface area contributed by atoms with Crippen molar-refractivity contribution in [1.82, 2.24) is 14.4 Å². The number of hydrogen-bond donors (Lipinski definition) is 1. The van der Waals surface area contributed by atoms with Crippen LogP contribution in [0.3, 0.4) is 0 Å². The van der Waals surface area contributed by atoms with Crippen LogP contribution in [0.1, 0.15) is 22.3 Å². The predicted molar refractivity (Wildman–Crippen MR) is 141 cm³/mol. The highest BCUT2D eigenvalue weighted by Gasteiger charge is 2.16. The minimum Gasteiger partial charge on any atom is -0.436 e. The van der Waals surface area contributed by atoms with Gasteiger partial charge in [-0.2, -0.15) is 5.26 Å². The summed E-state index contributed by atoms with van der Waals surface area (Å²) >= 11 is 0. The highest BCUT2D eigenvalue weighted by Crippen LogP contribution is 2.28. The highest BCUT2D eigenvalue weighted by molar-refractivity contribution is 5.83. The third-order valence-electron chi connectivity index (χ3n) is 6.42. The monoisotopic (exact) mass is 471 g/mol. The average molecular weight is 472 g/mol. The van der Waals surface area contributed by atoms with E-state index in [0.29, 0.717) is 38.9 Å². The van der Waals surface area contributed by atoms with Gasteiger partial charge in [0.2, 0.25) is 5.89 Å². The highest BCUT2D eigenvalue weighted by atomic mass is 16.3. The van der Waals surface area contributed by atoms with E-state index in [0.717, 1.165) is 33.5 Å². The van der Waals surface area contributed by atoms with Gasteiger partial charge in [0.1, 0.15) is 11.6 Å². The zero-order chi connectivity index (χ0) is 25.0. The van der Waals surface area contributed by atoms with Crippen LogP contribution in [0.2, 0.25) is 0 Å². The number of benzene rings is 3. The molecule has 3 heterocycles. The number of nitriles is 1. The predicted octanol–water partition coefficient (Wildman–Crippen LogP) is 5.02. The number of nitrogens with one attached hydrogen (secondary N) is 1. The van der Waals surface area contributed by atoms with Crippen molar-refractivity contribution in [2.75, 3.05) is 5.32 Å². The van der Waals surface area contributed by atoms with E-state index in [2.05, 4.69) is 27.4 Å². The Morgan fingerprint density at radius 2 is 1.83 bits per heavy atom. The molecule has 7 nitrogen and oxygen atoms in total. The Hall–Kier alpha value is -4.96. The number of nitrogens with zero attached hydrogens (tertiary/aromatic N) is 4. The first-order chi connectivity index (χ1) is 17.4. The van der Waals surface area contributed by atoms with Gasteiger partial charge < -0.3 is 9.73 Å². The van der Waals surface area contributed by atoms with Crippen molar-refractivity contribution in [3.05, 3.63) is 98.5 Å². The number of hydrogen-bond acceptors (Lipinski definition) is 6. The molecule has 0 aliphatic heterocycles. The topological polar surface area (TPSA) is 96.2 Å². The Bertz CT molecular complexity index is 1990. The quantitative estimate of drug-likeness (QED) is 0.389. The first-order valence-electron chi connectivity index (χ1n) is 11.5. The number of imidazole rings is 1. The van der Waals surface area contributed by atoms with Gasteiger partial charge in [0.15, 0.2) is 11.2 Å². The second-order valence-corrected chi connectivity index (χ2v) is 8.91. The lowest BCUT2D eigenvalue weighted by atomic mass is 10.1. The summed E-state index contributed by atoms with van der Waals surface area (Å²) in [5, 5.41) is 13.5. The third kappa shape index (κ3) is 3.31. The van der Waals surface area contributed by atoms with Gasteiger partial charge in [-0.25, -0.2) is 9.97 Å². The standard InChI is InChI=1S/C29H21N5O2/c1-16-11-17(2)26-24(12-16)33-28(36-26)19-7-6-8-20(13-19)31-15-22-18(3)21(14-30)27-32-23-9-4-5-10-25(23)34(27)29(22)35/h4-13,15,31H,1-3H3. The lowest BCUT2D eigenvalue weighted by Gasteiger charge is -2.05. The molecule has 36 heavy (non-hydrogen) atoms. The number of aromatic nitrogens is 3. The molecule has 0 aliphatic rings. The number of rotatable bonds is 3. The molecule has 6 rings (SSSR count). The van der Waals surface area contributed by atoms with Crippen LogP contribution in [0.15, 0.2) is 69.9 Å². The second-order valence-electron chi connectivity index (χ2n) is 8.91. The zero-order valence-corrected chi connectivity index (χ0v) is 20.0. The molecule has 0 aliphatic carbocycles. The van der Waals surface area contributed by atoms with Crippen LogP contribution < -0.4 is 16.1 Å². The molecule has 3 aromatic heterocycles. The molecule has 0 radical (unpaired) electrons. The summed E-state index contributed by atoms with van der Waals surface area (Å²) in [6.45, 7) is 5.82. The molecule has 174 valence electrons. The fourth-order valence-corrected chi connectivity index (χ4v) is 4.68. The minimum absolute atomic E-state index is 0.233. The van der Waals surface area contributed by atoms with Crippen molar-refractivity contribution < 1.29 is 4.42 Å². The van der Waals surface area contributed by atoms with Gasteiger partial charge in [0, 0.05) is 17.5 Å². The van der Waals surface area contributed by atoms with E-state index in [4.69, 9.17) is 4.42 Å². The maximum absolute atomic E-state index is 13.5. The van der Waals surface area contributed by atoms with E-state index in [9.17, 15) is 10.1 Å². The Morgan fingerprint density at radius 1 is 1.00 bits per heavy atom. The van der Waals surface area contributed by atoms with E-state index in [-0.39, 0.29) is 5.56 Å². The molecular formula is C29H21N5O2. The Kier molecular flexibility index (Phi) is 4.83. The number of fused-ring (bicyclic) bond motifs is 4. The molecule has 0 saturated carbocycles. The van der Waals surface area contributed by atoms with Gasteiger partial charge in [-0.15, -0.1) is 0 Å². The van der Waals surface area contributed by atoms with Crippen LogP contribution in [-0.2, 0) is 0 Å². The smallest absolute Gasteiger partial charge is 0.265 e. The van der Waals surface area contributed by atoms with E-state index in [1.807, 2.05) is 68.4 Å². The first kappa shape index (κ1) is 21.6. The second kappa shape index (κ2) is 8.07. The van der Waals surface area contributed by atoms with Gasteiger partial charge in [-0.3, -0.25) is 9.20 Å². The zero-order valence-electron chi connectivity index (χ0n) is 20.0. The third-order valence-corrected chi connectivity index (χ3v) is 6.42. The number of pyridine rings is 1. The Labute approximate surface area is 205 Å². The molecule has 0 unspecified atom stereocenters. The first-order valence-corrected chi connectivity index (χ1v) is 11.5. The molecule has 0 atom stereocenters. The summed E-state index contributed by atoms with van der Waals surface area (Å²) in [6, 6.07) is 21.3. The van der Waals surface area contributed by atoms with Gasteiger partial charge in [-0.05, 0) is 73.9 Å². The van der Waals surface area contributed by atoms with E-state index >= 15 is 0 Å². The summed E-state index contributed by atoms with van der Waals surface area (Å²) in [6.07, 6.45) is 1.64. The molecule has 0 bridgehead atoms. The van der Waals surface area contributed by atoms with Crippen LogP contribution in [0.4, 0.5) is 5.69 Å². The maximum Gasteiger partial charge on any atom is 0.265 e. The average Bonchev–Trinajstić information content (AvgIpc) is 3.46. The van der Waals surface area contributed by atoms with Crippen LogP contribution in [0, 0.1) is 32.1 Å². The molecule has 0 spiro atoms. The Balaban J connectivity index is 1.45. The molecule has 1 N–H and O–H groups in total. The van der Waals surface area contributed by atoms with E-state index in [1.165, 1.54) is 4.40 Å².